The van der Waals surface area contributed by atoms with Crippen molar-refractivity contribution in [3.05, 3.63) is 59.2 Å². The van der Waals surface area contributed by atoms with Crippen molar-refractivity contribution in [2.45, 2.75) is 71.5 Å². The number of sulfonamides is 1. The largest absolute Gasteiger partial charge is 0.497 e. The number of ether oxygens (including phenoxy) is 1. The predicted octanol–water partition coefficient (Wildman–Crippen LogP) is 3.94. The molecule has 1 fully saturated rings. The molecule has 1 unspecified atom stereocenters. The Labute approximate surface area is 221 Å². The van der Waals surface area contributed by atoms with Crippen LogP contribution in [-0.4, -0.2) is 57.1 Å². The van der Waals surface area contributed by atoms with Gasteiger partial charge < -0.3 is 15.0 Å². The normalized spacial score (nSPS) is 14.7. The molecule has 0 bridgehead atoms. The Bertz CT molecular complexity index is 1170. The number of aryl methyl sites for hydroxylation is 2. The van der Waals surface area contributed by atoms with E-state index in [0.717, 1.165) is 52.9 Å². The Morgan fingerprint density at radius 2 is 1.65 bits per heavy atom. The van der Waals surface area contributed by atoms with E-state index in [-0.39, 0.29) is 18.5 Å². The number of carbonyl (C=O) groups is 2. The monoisotopic (exact) mass is 529 g/mol. The van der Waals surface area contributed by atoms with Gasteiger partial charge in [-0.1, -0.05) is 38.0 Å². The van der Waals surface area contributed by atoms with Crippen LogP contribution in [0.1, 0.15) is 55.7 Å². The summed E-state index contributed by atoms with van der Waals surface area (Å²) in [5.41, 5.74) is 3.04. The van der Waals surface area contributed by atoms with Crippen molar-refractivity contribution in [1.29, 1.82) is 0 Å². The standard InChI is InChI=1S/C28H39N3O5S/c1-6-26(28(33)29-23-9-7-8-10-23)30(18-22-11-13-25(36-4)14-12-22)27(32)19-31(37(5,34)35)24-16-20(2)15-21(3)17-24/h11-17,23,26H,6-10,18-19H2,1-5H3,(H,29,33). The molecule has 3 rings (SSSR count). The summed E-state index contributed by atoms with van der Waals surface area (Å²) in [6.07, 6.45) is 5.52. The van der Waals surface area contributed by atoms with E-state index < -0.39 is 28.5 Å². The summed E-state index contributed by atoms with van der Waals surface area (Å²) in [6, 6.07) is 12.1. The van der Waals surface area contributed by atoms with Gasteiger partial charge in [0.25, 0.3) is 0 Å². The molecule has 8 nitrogen and oxygen atoms in total. The molecule has 9 heteroatoms. The Morgan fingerprint density at radius 3 is 2.16 bits per heavy atom. The molecule has 0 spiro atoms. The number of rotatable bonds is 11. The fourth-order valence-corrected chi connectivity index (χ4v) is 5.76. The van der Waals surface area contributed by atoms with E-state index in [1.54, 1.807) is 31.4 Å². The van der Waals surface area contributed by atoms with Gasteiger partial charge >= 0.3 is 0 Å². The lowest BCUT2D eigenvalue weighted by molar-refractivity contribution is -0.140. The Balaban J connectivity index is 1.94. The van der Waals surface area contributed by atoms with Gasteiger partial charge in [0.15, 0.2) is 0 Å². The smallest absolute Gasteiger partial charge is 0.244 e. The second-order valence-corrected chi connectivity index (χ2v) is 11.8. The van der Waals surface area contributed by atoms with Crippen LogP contribution in [0, 0.1) is 13.8 Å². The number of nitrogens with zero attached hydrogens (tertiary/aromatic N) is 2. The highest BCUT2D eigenvalue weighted by molar-refractivity contribution is 7.92. The van der Waals surface area contributed by atoms with Gasteiger partial charge in [-0.05, 0) is 74.1 Å². The fourth-order valence-electron chi connectivity index (χ4n) is 4.92. The molecule has 0 aromatic heterocycles. The van der Waals surface area contributed by atoms with Crippen molar-refractivity contribution in [3.8, 4) is 5.75 Å². The van der Waals surface area contributed by atoms with Crippen molar-refractivity contribution >= 4 is 27.5 Å². The summed E-state index contributed by atoms with van der Waals surface area (Å²) in [7, 11) is -2.18. The average Bonchev–Trinajstić information content (AvgIpc) is 3.34. The highest BCUT2D eigenvalue weighted by atomic mass is 32.2. The quantitative estimate of drug-likeness (QED) is 0.476. The highest BCUT2D eigenvalue weighted by Gasteiger charge is 2.33. The van der Waals surface area contributed by atoms with Crippen molar-refractivity contribution in [2.24, 2.45) is 0 Å². The maximum atomic E-state index is 13.8. The summed E-state index contributed by atoms with van der Waals surface area (Å²) < 4.78 is 32.0. The first-order chi connectivity index (χ1) is 17.5. The van der Waals surface area contributed by atoms with E-state index in [9.17, 15) is 18.0 Å². The molecule has 0 heterocycles. The van der Waals surface area contributed by atoms with E-state index in [4.69, 9.17) is 4.74 Å². The molecular formula is C28H39N3O5S. The molecule has 1 aliphatic carbocycles. The third kappa shape index (κ3) is 7.71. The lowest BCUT2D eigenvalue weighted by Crippen LogP contribution is -2.53. The topological polar surface area (TPSA) is 96.0 Å². The van der Waals surface area contributed by atoms with Gasteiger partial charge in [0.05, 0.1) is 19.1 Å². The van der Waals surface area contributed by atoms with Crippen molar-refractivity contribution in [3.63, 3.8) is 0 Å². The van der Waals surface area contributed by atoms with E-state index in [0.29, 0.717) is 17.9 Å². The van der Waals surface area contributed by atoms with Crippen molar-refractivity contribution in [1.82, 2.24) is 10.2 Å². The van der Waals surface area contributed by atoms with Crippen LogP contribution in [-0.2, 0) is 26.2 Å². The molecule has 1 saturated carbocycles. The van der Waals surface area contributed by atoms with Crippen LogP contribution in [0.15, 0.2) is 42.5 Å². The van der Waals surface area contributed by atoms with Crippen LogP contribution in [0.2, 0.25) is 0 Å². The molecule has 0 aliphatic heterocycles. The molecule has 1 aliphatic rings. The van der Waals surface area contributed by atoms with Crippen LogP contribution < -0.4 is 14.4 Å². The zero-order valence-corrected chi connectivity index (χ0v) is 23.3. The highest BCUT2D eigenvalue weighted by Crippen LogP contribution is 2.24. The maximum absolute atomic E-state index is 13.8. The van der Waals surface area contributed by atoms with Crippen LogP contribution in [0.3, 0.4) is 0 Å². The summed E-state index contributed by atoms with van der Waals surface area (Å²) in [5.74, 6) is 0.0492. The number of amides is 2. The van der Waals surface area contributed by atoms with Gasteiger partial charge in [0, 0.05) is 12.6 Å². The third-order valence-corrected chi connectivity index (χ3v) is 7.91. The van der Waals surface area contributed by atoms with Gasteiger partial charge in [-0.3, -0.25) is 13.9 Å². The Hall–Kier alpha value is -3.07. The lowest BCUT2D eigenvalue weighted by Gasteiger charge is -2.33. The number of benzene rings is 2. The molecular weight excluding hydrogens is 490 g/mol. The van der Waals surface area contributed by atoms with Gasteiger partial charge in [-0.15, -0.1) is 0 Å². The first-order valence-corrected chi connectivity index (χ1v) is 14.7. The molecule has 202 valence electrons. The summed E-state index contributed by atoms with van der Waals surface area (Å²) in [6.45, 7) is 5.41. The number of carbonyl (C=O) groups excluding carboxylic acids is 2. The number of methoxy groups -OCH3 is 1. The van der Waals surface area contributed by atoms with Gasteiger partial charge in [0.2, 0.25) is 21.8 Å². The molecule has 1 atom stereocenters. The van der Waals surface area contributed by atoms with Crippen LogP contribution in [0.4, 0.5) is 5.69 Å². The zero-order valence-electron chi connectivity index (χ0n) is 22.5. The van der Waals surface area contributed by atoms with Crippen LogP contribution >= 0.6 is 0 Å². The molecule has 37 heavy (non-hydrogen) atoms. The van der Waals surface area contributed by atoms with Gasteiger partial charge in [-0.2, -0.15) is 0 Å². The summed E-state index contributed by atoms with van der Waals surface area (Å²) in [5, 5.41) is 3.11. The Kier molecular flexibility index (Phi) is 9.59. The number of hydrogen-bond donors (Lipinski definition) is 1. The molecule has 2 aromatic carbocycles. The van der Waals surface area contributed by atoms with Crippen LogP contribution in [0.25, 0.3) is 0 Å². The summed E-state index contributed by atoms with van der Waals surface area (Å²) >= 11 is 0. The molecule has 0 radical (unpaired) electrons. The van der Waals surface area contributed by atoms with E-state index >= 15 is 0 Å². The average molecular weight is 530 g/mol. The predicted molar refractivity (Wildman–Crippen MR) is 146 cm³/mol. The van der Waals surface area contributed by atoms with Gasteiger partial charge in [0.1, 0.15) is 18.3 Å². The minimum absolute atomic E-state index is 0.113. The molecule has 2 amide bonds. The fraction of sp³-hybridized carbons (Fsp3) is 0.500. The van der Waals surface area contributed by atoms with Crippen LogP contribution in [0.5, 0.6) is 5.75 Å². The molecule has 2 aromatic rings. The second-order valence-electron chi connectivity index (χ2n) is 9.90. The minimum Gasteiger partial charge on any atom is -0.497 e. The SMILES string of the molecule is CCC(C(=O)NC1CCCC1)N(Cc1ccc(OC)cc1)C(=O)CN(c1cc(C)cc(C)c1)S(C)(=O)=O. The van der Waals surface area contributed by atoms with E-state index in [1.807, 2.05) is 39.0 Å². The minimum atomic E-state index is -3.76. The number of hydrogen-bond acceptors (Lipinski definition) is 5. The first kappa shape index (κ1) is 28.5. The van der Waals surface area contributed by atoms with Crippen molar-refractivity contribution in [2.75, 3.05) is 24.2 Å². The van der Waals surface area contributed by atoms with E-state index in [1.165, 1.54) is 4.90 Å². The lowest BCUT2D eigenvalue weighted by atomic mass is 10.1. The van der Waals surface area contributed by atoms with Crippen molar-refractivity contribution < 1.29 is 22.7 Å². The zero-order chi connectivity index (χ0) is 27.2. The third-order valence-electron chi connectivity index (χ3n) is 6.77. The van der Waals surface area contributed by atoms with Gasteiger partial charge in [-0.25, -0.2) is 8.42 Å². The number of nitrogens with one attached hydrogen (secondary N) is 1. The molecule has 1 N–H and O–H groups in total. The van der Waals surface area contributed by atoms with E-state index in [2.05, 4.69) is 5.32 Å². The second kappa shape index (κ2) is 12.4. The Morgan fingerprint density at radius 1 is 1.05 bits per heavy atom. The summed E-state index contributed by atoms with van der Waals surface area (Å²) in [4.78, 5) is 28.7. The number of anilines is 1. The molecule has 0 saturated heterocycles. The first-order valence-electron chi connectivity index (χ1n) is 12.8. The maximum Gasteiger partial charge on any atom is 0.244 e.